The van der Waals surface area contributed by atoms with Crippen molar-refractivity contribution in [2.45, 2.75) is 24.3 Å². The summed E-state index contributed by atoms with van der Waals surface area (Å²) in [7, 11) is -3.93. The molecule has 1 atom stereocenters. The highest BCUT2D eigenvalue weighted by atomic mass is 32.2. The molecule has 0 saturated heterocycles. The summed E-state index contributed by atoms with van der Waals surface area (Å²) in [5.41, 5.74) is 0.962. The molecule has 0 aliphatic rings. The van der Waals surface area contributed by atoms with Crippen LogP contribution in [0, 0.1) is 6.92 Å². The van der Waals surface area contributed by atoms with Crippen molar-refractivity contribution in [2.75, 3.05) is 12.0 Å². The number of ether oxygens (including phenoxy) is 1. The maximum atomic E-state index is 12.4. The molecule has 0 unspecified atom stereocenters. The fourth-order valence-electron chi connectivity index (χ4n) is 2.21. The number of thioether (sulfide) groups is 1. The molecule has 26 heavy (non-hydrogen) atoms. The van der Waals surface area contributed by atoms with Gasteiger partial charge in [-0.05, 0) is 61.2 Å². The van der Waals surface area contributed by atoms with Crippen molar-refractivity contribution in [3.63, 3.8) is 0 Å². The van der Waals surface area contributed by atoms with Crippen molar-refractivity contribution in [3.05, 3.63) is 54.1 Å². The number of nitrogens with one attached hydrogen (secondary N) is 1. The average Bonchev–Trinajstić information content (AvgIpc) is 2.61. The summed E-state index contributed by atoms with van der Waals surface area (Å²) in [6, 6.07) is 12.2. The van der Waals surface area contributed by atoms with Crippen molar-refractivity contribution in [3.8, 4) is 11.5 Å². The second-order valence-electron chi connectivity index (χ2n) is 5.63. The number of aliphatic carboxylic acids is 1. The lowest BCUT2D eigenvalue weighted by molar-refractivity contribution is -0.139. The maximum absolute atomic E-state index is 12.4. The Kier molecular flexibility index (Phi) is 7.07. The molecule has 0 aliphatic carbocycles. The Labute approximate surface area is 157 Å². The molecule has 0 radical (unpaired) electrons. The smallest absolute Gasteiger partial charge is 0.321 e. The largest absolute Gasteiger partial charge is 0.480 e. The first-order valence-corrected chi connectivity index (χ1v) is 10.8. The third-order valence-electron chi connectivity index (χ3n) is 3.66. The molecule has 140 valence electrons. The van der Waals surface area contributed by atoms with Gasteiger partial charge in [0, 0.05) is 0 Å². The number of carboxylic acid groups (broad SMARTS) is 1. The molecule has 0 heterocycles. The first-order chi connectivity index (χ1) is 12.3. The normalized spacial score (nSPS) is 12.5. The van der Waals surface area contributed by atoms with Gasteiger partial charge in [-0.15, -0.1) is 0 Å². The number of hydrogen-bond donors (Lipinski definition) is 2. The van der Waals surface area contributed by atoms with Crippen LogP contribution in [-0.4, -0.2) is 37.5 Å². The highest BCUT2D eigenvalue weighted by Crippen LogP contribution is 2.25. The lowest BCUT2D eigenvalue weighted by atomic mass is 10.2. The maximum Gasteiger partial charge on any atom is 0.321 e. The Balaban J connectivity index is 2.13. The van der Waals surface area contributed by atoms with Gasteiger partial charge in [0.25, 0.3) is 0 Å². The lowest BCUT2D eigenvalue weighted by Crippen LogP contribution is -2.41. The molecule has 2 aromatic carbocycles. The minimum Gasteiger partial charge on any atom is -0.480 e. The van der Waals surface area contributed by atoms with Crippen LogP contribution in [0.3, 0.4) is 0 Å². The second-order valence-corrected chi connectivity index (χ2v) is 8.33. The molecule has 8 heteroatoms. The van der Waals surface area contributed by atoms with Gasteiger partial charge in [0.1, 0.15) is 17.5 Å². The van der Waals surface area contributed by atoms with Crippen LogP contribution >= 0.6 is 11.8 Å². The number of para-hydroxylation sites is 1. The summed E-state index contributed by atoms with van der Waals surface area (Å²) in [6.07, 6.45) is 2.05. The lowest BCUT2D eigenvalue weighted by Gasteiger charge is -2.14. The topological polar surface area (TPSA) is 92.7 Å². The van der Waals surface area contributed by atoms with Crippen LogP contribution in [0.15, 0.2) is 53.4 Å². The van der Waals surface area contributed by atoms with Gasteiger partial charge in [-0.25, -0.2) is 8.42 Å². The first kappa shape index (κ1) is 20.3. The predicted octanol–water partition coefficient (Wildman–Crippen LogP) is 3.27. The van der Waals surface area contributed by atoms with Gasteiger partial charge in [-0.3, -0.25) is 4.79 Å². The van der Waals surface area contributed by atoms with Crippen LogP contribution in [0.1, 0.15) is 12.0 Å². The van der Waals surface area contributed by atoms with E-state index in [4.69, 9.17) is 4.74 Å². The molecule has 0 saturated carbocycles. The minimum atomic E-state index is -3.93. The fourth-order valence-corrected chi connectivity index (χ4v) is 3.90. The molecule has 0 bridgehead atoms. The molecular formula is C18H21NO5S2. The van der Waals surface area contributed by atoms with E-state index < -0.39 is 22.0 Å². The Morgan fingerprint density at radius 2 is 1.85 bits per heavy atom. The molecule has 0 fully saturated rings. The third-order valence-corrected chi connectivity index (χ3v) is 5.79. The van der Waals surface area contributed by atoms with Crippen molar-refractivity contribution in [2.24, 2.45) is 0 Å². The highest BCUT2D eigenvalue weighted by molar-refractivity contribution is 7.98. The Bertz CT molecular complexity index is 850. The first-order valence-electron chi connectivity index (χ1n) is 7.91. The van der Waals surface area contributed by atoms with E-state index >= 15 is 0 Å². The Morgan fingerprint density at radius 1 is 1.19 bits per heavy atom. The summed E-state index contributed by atoms with van der Waals surface area (Å²) in [5.74, 6) is 0.532. The summed E-state index contributed by atoms with van der Waals surface area (Å²) in [6.45, 7) is 1.92. The van der Waals surface area contributed by atoms with Crippen LogP contribution in [0.5, 0.6) is 11.5 Å². The molecule has 2 rings (SSSR count). The second kappa shape index (κ2) is 9.07. The van der Waals surface area contributed by atoms with Crippen molar-refractivity contribution in [1.82, 2.24) is 4.72 Å². The molecule has 0 aliphatic heterocycles. The van der Waals surface area contributed by atoms with E-state index in [-0.39, 0.29) is 11.3 Å². The van der Waals surface area contributed by atoms with Gasteiger partial charge in [0.15, 0.2) is 0 Å². The minimum absolute atomic E-state index is 0.00923. The van der Waals surface area contributed by atoms with E-state index in [2.05, 4.69) is 4.72 Å². The van der Waals surface area contributed by atoms with Crippen LogP contribution < -0.4 is 9.46 Å². The SMILES string of the molecule is CSCC[C@H](NS(=O)(=O)c1ccc(Oc2ccccc2C)cc1)C(=O)O. The third kappa shape index (κ3) is 5.48. The molecule has 0 amide bonds. The van der Waals surface area contributed by atoms with E-state index in [1.807, 2.05) is 37.4 Å². The van der Waals surface area contributed by atoms with Crippen molar-refractivity contribution < 1.29 is 23.1 Å². The van der Waals surface area contributed by atoms with Gasteiger partial charge in [0.2, 0.25) is 10.0 Å². The predicted molar refractivity (Wildman–Crippen MR) is 102 cm³/mol. The molecule has 0 spiro atoms. The number of carboxylic acids is 1. The highest BCUT2D eigenvalue weighted by Gasteiger charge is 2.25. The molecule has 2 N–H and O–H groups in total. The van der Waals surface area contributed by atoms with Crippen molar-refractivity contribution in [1.29, 1.82) is 0 Å². The van der Waals surface area contributed by atoms with Crippen LogP contribution in [-0.2, 0) is 14.8 Å². The van der Waals surface area contributed by atoms with E-state index in [9.17, 15) is 18.3 Å². The van der Waals surface area contributed by atoms with E-state index in [0.717, 1.165) is 5.56 Å². The van der Waals surface area contributed by atoms with Gasteiger partial charge in [-0.2, -0.15) is 16.5 Å². The van der Waals surface area contributed by atoms with Crippen LogP contribution in [0.4, 0.5) is 0 Å². The van der Waals surface area contributed by atoms with Crippen molar-refractivity contribution >= 4 is 27.8 Å². The quantitative estimate of drug-likeness (QED) is 0.677. The summed E-state index contributed by atoms with van der Waals surface area (Å²) in [4.78, 5) is 11.2. The number of carbonyl (C=O) groups is 1. The molecular weight excluding hydrogens is 374 g/mol. The zero-order valence-electron chi connectivity index (χ0n) is 14.5. The zero-order chi connectivity index (χ0) is 19.2. The number of hydrogen-bond acceptors (Lipinski definition) is 5. The Hall–Kier alpha value is -2.03. The average molecular weight is 396 g/mol. The fraction of sp³-hybridized carbons (Fsp3) is 0.278. The molecule has 6 nitrogen and oxygen atoms in total. The number of rotatable bonds is 9. The summed E-state index contributed by atoms with van der Waals surface area (Å²) in [5, 5.41) is 9.19. The van der Waals surface area contributed by atoms with E-state index in [1.54, 1.807) is 12.1 Å². The van der Waals surface area contributed by atoms with Crippen LogP contribution in [0.2, 0.25) is 0 Å². The van der Waals surface area contributed by atoms with Gasteiger partial charge in [0.05, 0.1) is 4.90 Å². The molecule has 2 aromatic rings. The number of aryl methyl sites for hydroxylation is 1. The van der Waals surface area contributed by atoms with E-state index in [0.29, 0.717) is 17.3 Å². The van der Waals surface area contributed by atoms with Gasteiger partial charge in [-0.1, -0.05) is 18.2 Å². The standard InChI is InChI=1S/C18H21NO5S2/c1-13-5-3-4-6-17(13)24-14-7-9-15(10-8-14)26(22,23)19-16(18(20)21)11-12-25-2/h3-10,16,19H,11-12H2,1-2H3,(H,20,21)/t16-/m0/s1. The van der Waals surface area contributed by atoms with Gasteiger partial charge < -0.3 is 9.84 Å². The number of benzene rings is 2. The monoisotopic (exact) mass is 395 g/mol. The van der Waals surface area contributed by atoms with E-state index in [1.165, 1.54) is 23.9 Å². The Morgan fingerprint density at radius 3 is 2.42 bits per heavy atom. The zero-order valence-corrected chi connectivity index (χ0v) is 16.1. The molecule has 0 aromatic heterocycles. The summed E-state index contributed by atoms with van der Waals surface area (Å²) >= 11 is 1.46. The van der Waals surface area contributed by atoms with Gasteiger partial charge >= 0.3 is 5.97 Å². The summed E-state index contributed by atoms with van der Waals surface area (Å²) < 4.78 is 32.8. The number of sulfonamides is 1. The van der Waals surface area contributed by atoms with Crippen LogP contribution in [0.25, 0.3) is 0 Å².